The molecule has 1 atom stereocenters. The van der Waals surface area contributed by atoms with Gasteiger partial charge < -0.3 is 14.4 Å². The Hall–Kier alpha value is -1.85. The van der Waals surface area contributed by atoms with Crippen LogP contribution in [0.5, 0.6) is 5.75 Å². The Balaban J connectivity index is 1.86. The van der Waals surface area contributed by atoms with Gasteiger partial charge in [0.05, 0.1) is 13.7 Å². The van der Waals surface area contributed by atoms with Crippen molar-refractivity contribution in [3.8, 4) is 5.75 Å². The van der Waals surface area contributed by atoms with Gasteiger partial charge in [0.2, 0.25) is 0 Å². The van der Waals surface area contributed by atoms with E-state index in [0.717, 1.165) is 15.8 Å². The first-order valence-corrected chi connectivity index (χ1v) is 7.81. The van der Waals surface area contributed by atoms with Crippen molar-refractivity contribution in [1.29, 1.82) is 0 Å². The van der Waals surface area contributed by atoms with Gasteiger partial charge in [-0.25, -0.2) is 0 Å². The molecule has 0 radical (unpaired) electrons. The minimum Gasteiger partial charge on any atom is -0.497 e. The fourth-order valence-corrected chi connectivity index (χ4v) is 2.99. The average molecular weight is 362 g/mol. The number of rotatable bonds is 3. The first-order chi connectivity index (χ1) is 10.7. The third-order valence-corrected chi connectivity index (χ3v) is 4.38. The summed E-state index contributed by atoms with van der Waals surface area (Å²) in [7, 11) is 1.61. The van der Waals surface area contributed by atoms with Gasteiger partial charge in [0.1, 0.15) is 5.75 Å². The second kappa shape index (κ2) is 6.50. The molecule has 1 saturated heterocycles. The number of benzene rings is 2. The van der Waals surface area contributed by atoms with E-state index in [0.29, 0.717) is 18.7 Å². The Bertz CT molecular complexity index is 672. The van der Waals surface area contributed by atoms with Crippen molar-refractivity contribution >= 4 is 21.8 Å². The second-order valence-electron chi connectivity index (χ2n) is 4.97. The summed E-state index contributed by atoms with van der Waals surface area (Å²) in [4.78, 5) is 14.5. The summed E-state index contributed by atoms with van der Waals surface area (Å²) < 4.78 is 11.8. The molecule has 0 aliphatic carbocycles. The zero-order valence-electron chi connectivity index (χ0n) is 12.2. The summed E-state index contributed by atoms with van der Waals surface area (Å²) in [5.41, 5.74) is 1.59. The van der Waals surface area contributed by atoms with Crippen molar-refractivity contribution in [3.05, 3.63) is 64.1 Å². The van der Waals surface area contributed by atoms with Crippen LogP contribution < -0.4 is 4.74 Å². The molecule has 2 aromatic carbocycles. The summed E-state index contributed by atoms with van der Waals surface area (Å²) in [6, 6.07) is 14.9. The molecular formula is C17H16BrNO3. The van der Waals surface area contributed by atoms with E-state index in [-0.39, 0.29) is 12.1 Å². The lowest BCUT2D eigenvalue weighted by Gasteiger charge is -2.24. The van der Waals surface area contributed by atoms with E-state index < -0.39 is 0 Å². The van der Waals surface area contributed by atoms with Crippen LogP contribution in [-0.2, 0) is 4.74 Å². The molecule has 0 bridgehead atoms. The van der Waals surface area contributed by atoms with Gasteiger partial charge in [0.15, 0.2) is 6.23 Å². The molecule has 1 fully saturated rings. The van der Waals surface area contributed by atoms with Crippen LogP contribution >= 0.6 is 15.9 Å². The van der Waals surface area contributed by atoms with Crippen LogP contribution in [0.3, 0.4) is 0 Å². The number of hydrogen-bond donors (Lipinski definition) is 0. The molecule has 114 valence electrons. The number of ether oxygens (including phenoxy) is 2. The summed E-state index contributed by atoms with van der Waals surface area (Å²) in [5.74, 6) is 0.692. The zero-order chi connectivity index (χ0) is 15.5. The zero-order valence-corrected chi connectivity index (χ0v) is 13.7. The maximum absolute atomic E-state index is 12.7. The molecule has 0 aromatic heterocycles. The molecule has 1 aliphatic rings. The van der Waals surface area contributed by atoms with Crippen molar-refractivity contribution in [2.24, 2.45) is 0 Å². The standard InChI is InChI=1S/C17H16BrNO3/c1-21-13-8-6-12(7-9-13)16(20)19-10-11-22-17(19)14-4-2-3-5-15(14)18/h2-9,17H,10-11H2,1H3/t17-/m1/s1. The van der Waals surface area contributed by atoms with E-state index in [1.807, 2.05) is 24.3 Å². The van der Waals surface area contributed by atoms with Gasteiger partial charge in [0, 0.05) is 22.1 Å². The molecule has 1 aliphatic heterocycles. The predicted octanol–water partition coefficient (Wildman–Crippen LogP) is 3.63. The Morgan fingerprint density at radius 2 is 1.95 bits per heavy atom. The van der Waals surface area contributed by atoms with Gasteiger partial charge in [-0.15, -0.1) is 0 Å². The van der Waals surface area contributed by atoms with Crippen molar-refractivity contribution in [2.45, 2.75) is 6.23 Å². The van der Waals surface area contributed by atoms with Gasteiger partial charge in [-0.1, -0.05) is 34.1 Å². The second-order valence-corrected chi connectivity index (χ2v) is 5.83. The fraction of sp³-hybridized carbons (Fsp3) is 0.235. The number of carbonyl (C=O) groups is 1. The molecule has 0 N–H and O–H groups in total. The molecule has 22 heavy (non-hydrogen) atoms. The van der Waals surface area contributed by atoms with Gasteiger partial charge >= 0.3 is 0 Å². The topological polar surface area (TPSA) is 38.8 Å². The minimum atomic E-state index is -0.356. The van der Waals surface area contributed by atoms with Crippen molar-refractivity contribution in [1.82, 2.24) is 4.90 Å². The normalized spacial score (nSPS) is 17.5. The van der Waals surface area contributed by atoms with Gasteiger partial charge in [-0.05, 0) is 30.3 Å². The van der Waals surface area contributed by atoms with E-state index in [2.05, 4.69) is 15.9 Å². The molecule has 1 amide bonds. The van der Waals surface area contributed by atoms with Crippen LogP contribution in [0.2, 0.25) is 0 Å². The van der Waals surface area contributed by atoms with Gasteiger partial charge in [-0.2, -0.15) is 0 Å². The Labute approximate surface area is 137 Å². The molecule has 5 heteroatoms. The lowest BCUT2D eigenvalue weighted by molar-refractivity contribution is 0.0268. The van der Waals surface area contributed by atoms with Crippen LogP contribution in [0.4, 0.5) is 0 Å². The summed E-state index contributed by atoms with van der Waals surface area (Å²) in [5, 5.41) is 0. The molecule has 3 rings (SSSR count). The highest BCUT2D eigenvalue weighted by atomic mass is 79.9. The number of methoxy groups -OCH3 is 1. The van der Waals surface area contributed by atoms with Crippen molar-refractivity contribution in [2.75, 3.05) is 20.3 Å². The van der Waals surface area contributed by atoms with Gasteiger partial charge in [-0.3, -0.25) is 4.79 Å². The molecule has 2 aromatic rings. The smallest absolute Gasteiger partial charge is 0.256 e. The predicted molar refractivity (Wildman–Crippen MR) is 86.9 cm³/mol. The van der Waals surface area contributed by atoms with Crippen LogP contribution in [0.15, 0.2) is 53.0 Å². The van der Waals surface area contributed by atoms with Crippen LogP contribution in [0.25, 0.3) is 0 Å². The Kier molecular flexibility index (Phi) is 4.45. The highest BCUT2D eigenvalue weighted by Crippen LogP contribution is 2.33. The fourth-order valence-electron chi connectivity index (χ4n) is 2.51. The van der Waals surface area contributed by atoms with E-state index in [9.17, 15) is 4.79 Å². The molecule has 4 nitrogen and oxygen atoms in total. The number of carbonyl (C=O) groups excluding carboxylic acids is 1. The summed E-state index contributed by atoms with van der Waals surface area (Å²) >= 11 is 3.52. The van der Waals surface area contributed by atoms with E-state index in [1.165, 1.54) is 0 Å². The van der Waals surface area contributed by atoms with Crippen LogP contribution in [0.1, 0.15) is 22.1 Å². The highest BCUT2D eigenvalue weighted by Gasteiger charge is 2.32. The summed E-state index contributed by atoms with van der Waals surface area (Å²) in [6.07, 6.45) is -0.356. The lowest BCUT2D eigenvalue weighted by Crippen LogP contribution is -2.31. The molecular weight excluding hydrogens is 346 g/mol. The monoisotopic (exact) mass is 361 g/mol. The van der Waals surface area contributed by atoms with Crippen LogP contribution in [-0.4, -0.2) is 31.1 Å². The van der Waals surface area contributed by atoms with Gasteiger partial charge in [0.25, 0.3) is 5.91 Å². The maximum atomic E-state index is 12.7. The first kappa shape index (κ1) is 15.1. The largest absolute Gasteiger partial charge is 0.497 e. The number of nitrogens with zero attached hydrogens (tertiary/aromatic N) is 1. The summed E-state index contributed by atoms with van der Waals surface area (Å²) in [6.45, 7) is 1.12. The Morgan fingerprint density at radius 3 is 2.64 bits per heavy atom. The van der Waals surface area contributed by atoms with E-state index in [1.54, 1.807) is 36.3 Å². The van der Waals surface area contributed by atoms with Crippen molar-refractivity contribution in [3.63, 3.8) is 0 Å². The highest BCUT2D eigenvalue weighted by molar-refractivity contribution is 9.10. The third-order valence-electron chi connectivity index (χ3n) is 3.66. The van der Waals surface area contributed by atoms with Crippen LogP contribution in [0, 0.1) is 0 Å². The first-order valence-electron chi connectivity index (χ1n) is 7.02. The molecule has 1 heterocycles. The number of hydrogen-bond acceptors (Lipinski definition) is 3. The average Bonchev–Trinajstić information content (AvgIpc) is 3.04. The van der Waals surface area contributed by atoms with E-state index in [4.69, 9.17) is 9.47 Å². The molecule has 0 unspecified atom stereocenters. The SMILES string of the molecule is COc1ccc(C(=O)N2CCO[C@@H]2c2ccccc2Br)cc1. The minimum absolute atomic E-state index is 0.0408. The van der Waals surface area contributed by atoms with Crippen molar-refractivity contribution < 1.29 is 14.3 Å². The number of amides is 1. The van der Waals surface area contributed by atoms with E-state index >= 15 is 0 Å². The number of halogens is 1. The maximum Gasteiger partial charge on any atom is 0.256 e. The molecule has 0 saturated carbocycles. The lowest BCUT2D eigenvalue weighted by atomic mass is 10.1. The molecule has 0 spiro atoms. The quantitative estimate of drug-likeness (QED) is 0.837. The third kappa shape index (κ3) is 2.87. The Morgan fingerprint density at radius 1 is 1.23 bits per heavy atom.